The number of hydrogen-bond acceptors (Lipinski definition) is 4. The molecular formula is C24H27NO4. The second-order valence-electron chi connectivity index (χ2n) is 7.86. The van der Waals surface area contributed by atoms with E-state index in [0.717, 1.165) is 37.7 Å². The monoisotopic (exact) mass is 393 g/mol. The van der Waals surface area contributed by atoms with Gasteiger partial charge in [-0.25, -0.2) is 4.79 Å². The van der Waals surface area contributed by atoms with Gasteiger partial charge in [0.05, 0.1) is 6.04 Å². The topological polar surface area (TPSA) is 64.6 Å². The molecule has 0 aromatic heterocycles. The molecule has 2 aromatic carbocycles. The summed E-state index contributed by atoms with van der Waals surface area (Å²) in [6.07, 6.45) is 5.43. The Kier molecular flexibility index (Phi) is 5.84. The molecule has 0 unspecified atom stereocenters. The first-order valence-corrected chi connectivity index (χ1v) is 10.4. The fourth-order valence-corrected chi connectivity index (χ4v) is 4.26. The molecule has 0 aliphatic heterocycles. The Hall–Kier alpha value is -2.82. The molecule has 1 amide bonds. The third-order valence-electron chi connectivity index (χ3n) is 5.79. The molecule has 4 rings (SSSR count). The van der Waals surface area contributed by atoms with Crippen LogP contribution in [0.15, 0.2) is 42.5 Å². The van der Waals surface area contributed by atoms with Gasteiger partial charge in [-0.15, -0.1) is 0 Å². The lowest BCUT2D eigenvalue weighted by Gasteiger charge is -2.27. The van der Waals surface area contributed by atoms with E-state index < -0.39 is 12.1 Å². The van der Waals surface area contributed by atoms with E-state index in [1.807, 2.05) is 24.3 Å². The highest BCUT2D eigenvalue weighted by Gasteiger charge is 2.25. The van der Waals surface area contributed by atoms with E-state index in [2.05, 4.69) is 23.5 Å². The molecule has 0 saturated carbocycles. The van der Waals surface area contributed by atoms with E-state index in [4.69, 9.17) is 9.47 Å². The number of carbonyl (C=O) groups is 2. The van der Waals surface area contributed by atoms with Crippen LogP contribution in [0.1, 0.15) is 54.5 Å². The molecule has 2 aromatic rings. The maximum absolute atomic E-state index is 12.5. The normalized spacial score (nSPS) is 18.3. The average Bonchev–Trinajstić information content (AvgIpc) is 3.20. The van der Waals surface area contributed by atoms with Gasteiger partial charge in [0.1, 0.15) is 5.75 Å². The summed E-state index contributed by atoms with van der Waals surface area (Å²) < 4.78 is 10.8. The summed E-state index contributed by atoms with van der Waals surface area (Å²) in [6, 6.07) is 14.1. The summed E-state index contributed by atoms with van der Waals surface area (Å²) in [6.45, 7) is 1.39. The summed E-state index contributed by atoms with van der Waals surface area (Å²) in [5.74, 6) is -0.159. The first-order chi connectivity index (χ1) is 14.1. The van der Waals surface area contributed by atoms with Crippen LogP contribution in [-0.2, 0) is 33.6 Å². The highest BCUT2D eigenvalue weighted by Crippen LogP contribution is 2.29. The minimum absolute atomic E-state index is 0.0312. The number of hydrogen-bond donors (Lipinski definition) is 1. The number of amides is 1. The molecule has 5 heteroatoms. The van der Waals surface area contributed by atoms with Crippen LogP contribution in [0.25, 0.3) is 0 Å². The molecule has 0 bridgehead atoms. The molecular weight excluding hydrogens is 366 g/mol. The molecule has 0 saturated heterocycles. The number of aryl methyl sites for hydroxylation is 3. The van der Waals surface area contributed by atoms with Crippen molar-refractivity contribution < 1.29 is 19.1 Å². The Balaban J connectivity index is 1.27. The maximum Gasteiger partial charge on any atom is 0.344 e. The van der Waals surface area contributed by atoms with Crippen molar-refractivity contribution in [2.75, 3.05) is 6.61 Å². The Bertz CT molecular complexity index is 908. The summed E-state index contributed by atoms with van der Waals surface area (Å²) in [7, 11) is 0. The number of esters is 1. The third-order valence-corrected chi connectivity index (χ3v) is 5.79. The molecule has 2 aliphatic carbocycles. The molecule has 0 radical (unpaired) electrons. The first-order valence-electron chi connectivity index (χ1n) is 10.4. The van der Waals surface area contributed by atoms with E-state index in [1.54, 1.807) is 6.92 Å². The lowest BCUT2D eigenvalue weighted by Crippen LogP contribution is -2.39. The summed E-state index contributed by atoms with van der Waals surface area (Å²) in [5.41, 5.74) is 5.08. The molecule has 5 nitrogen and oxygen atoms in total. The van der Waals surface area contributed by atoms with E-state index in [9.17, 15) is 9.59 Å². The quantitative estimate of drug-likeness (QED) is 0.761. The molecule has 2 atom stereocenters. The Morgan fingerprint density at radius 2 is 1.83 bits per heavy atom. The van der Waals surface area contributed by atoms with Crippen molar-refractivity contribution in [1.29, 1.82) is 0 Å². The molecule has 0 fully saturated rings. The van der Waals surface area contributed by atoms with Gasteiger partial charge in [0.2, 0.25) is 0 Å². The largest absolute Gasteiger partial charge is 0.482 e. The van der Waals surface area contributed by atoms with Crippen molar-refractivity contribution in [3.8, 4) is 5.75 Å². The van der Waals surface area contributed by atoms with Crippen molar-refractivity contribution in [3.63, 3.8) is 0 Å². The lowest BCUT2D eigenvalue weighted by atomic mass is 9.87. The van der Waals surface area contributed by atoms with Gasteiger partial charge in [-0.2, -0.15) is 0 Å². The zero-order chi connectivity index (χ0) is 20.2. The van der Waals surface area contributed by atoms with E-state index >= 15 is 0 Å². The molecule has 0 heterocycles. The van der Waals surface area contributed by atoms with Gasteiger partial charge in [-0.05, 0) is 79.8 Å². The van der Waals surface area contributed by atoms with Gasteiger partial charge in [-0.1, -0.05) is 30.3 Å². The number of carbonyl (C=O) groups excluding carboxylic acids is 2. The number of ether oxygens (including phenoxy) is 2. The zero-order valence-corrected chi connectivity index (χ0v) is 16.8. The van der Waals surface area contributed by atoms with E-state index in [0.29, 0.717) is 5.75 Å². The Morgan fingerprint density at radius 3 is 2.72 bits per heavy atom. The highest BCUT2D eigenvalue weighted by atomic mass is 16.6. The number of nitrogens with one attached hydrogen (secondary N) is 1. The summed E-state index contributed by atoms with van der Waals surface area (Å²) in [4.78, 5) is 24.7. The first kappa shape index (κ1) is 19.5. The van der Waals surface area contributed by atoms with Crippen LogP contribution in [0.3, 0.4) is 0 Å². The summed E-state index contributed by atoms with van der Waals surface area (Å²) >= 11 is 0. The standard InChI is InChI=1S/C24H27NO4/c1-16(24(27)25-22-11-5-8-18-6-2-3-10-21(18)22)29-23(26)15-28-20-13-12-17-7-4-9-19(17)14-20/h2-3,6,10,12-14,16,22H,4-5,7-9,11,15H2,1H3,(H,25,27)/t16-,22+/m1/s1. The minimum Gasteiger partial charge on any atom is -0.482 e. The fraction of sp³-hybridized carbons (Fsp3) is 0.417. The smallest absolute Gasteiger partial charge is 0.344 e. The van der Waals surface area contributed by atoms with Gasteiger partial charge >= 0.3 is 5.97 Å². The van der Waals surface area contributed by atoms with Crippen LogP contribution in [0.5, 0.6) is 5.75 Å². The van der Waals surface area contributed by atoms with Crippen LogP contribution >= 0.6 is 0 Å². The molecule has 0 spiro atoms. The van der Waals surface area contributed by atoms with Gasteiger partial charge in [-0.3, -0.25) is 4.79 Å². The molecule has 29 heavy (non-hydrogen) atoms. The van der Waals surface area contributed by atoms with Gasteiger partial charge in [0.25, 0.3) is 5.91 Å². The van der Waals surface area contributed by atoms with Gasteiger partial charge in [0, 0.05) is 0 Å². The SMILES string of the molecule is C[C@@H](OC(=O)COc1ccc2c(c1)CCC2)C(=O)N[C@H]1CCCc2ccccc21. The van der Waals surface area contributed by atoms with Crippen molar-refractivity contribution in [2.45, 2.75) is 57.6 Å². The second-order valence-corrected chi connectivity index (χ2v) is 7.86. The van der Waals surface area contributed by atoms with Crippen molar-refractivity contribution >= 4 is 11.9 Å². The van der Waals surface area contributed by atoms with Gasteiger partial charge in [0.15, 0.2) is 12.7 Å². The third kappa shape index (κ3) is 4.61. The van der Waals surface area contributed by atoms with Crippen molar-refractivity contribution in [2.24, 2.45) is 0 Å². The Morgan fingerprint density at radius 1 is 1.03 bits per heavy atom. The van der Waals surface area contributed by atoms with E-state index in [1.165, 1.54) is 23.1 Å². The lowest BCUT2D eigenvalue weighted by molar-refractivity contribution is -0.156. The van der Waals surface area contributed by atoms with Crippen LogP contribution in [-0.4, -0.2) is 24.6 Å². The van der Waals surface area contributed by atoms with Crippen LogP contribution in [0.4, 0.5) is 0 Å². The molecule has 152 valence electrons. The molecule has 2 aliphatic rings. The number of rotatable bonds is 6. The maximum atomic E-state index is 12.5. The predicted octanol–water partition coefficient (Wildman–Crippen LogP) is 3.68. The van der Waals surface area contributed by atoms with Crippen LogP contribution in [0, 0.1) is 0 Å². The number of fused-ring (bicyclic) bond motifs is 2. The average molecular weight is 393 g/mol. The van der Waals surface area contributed by atoms with Crippen molar-refractivity contribution in [3.05, 3.63) is 64.7 Å². The van der Waals surface area contributed by atoms with Crippen LogP contribution in [0.2, 0.25) is 0 Å². The van der Waals surface area contributed by atoms with Crippen LogP contribution < -0.4 is 10.1 Å². The predicted molar refractivity (Wildman–Crippen MR) is 110 cm³/mol. The van der Waals surface area contributed by atoms with Crippen molar-refractivity contribution in [1.82, 2.24) is 5.32 Å². The second kappa shape index (κ2) is 8.68. The van der Waals surface area contributed by atoms with E-state index in [-0.39, 0.29) is 18.6 Å². The summed E-state index contributed by atoms with van der Waals surface area (Å²) in [5, 5.41) is 3.03. The highest BCUT2D eigenvalue weighted by molar-refractivity contribution is 5.84. The zero-order valence-electron chi connectivity index (χ0n) is 16.8. The number of benzene rings is 2. The molecule has 1 N–H and O–H groups in total. The Labute approximate surface area is 171 Å². The minimum atomic E-state index is -0.861. The van der Waals surface area contributed by atoms with Gasteiger partial charge < -0.3 is 14.8 Å². The fourth-order valence-electron chi connectivity index (χ4n) is 4.26.